The molecule has 6 heteroatoms. The van der Waals surface area contributed by atoms with Crippen molar-refractivity contribution in [2.45, 2.75) is 32.4 Å². The van der Waals surface area contributed by atoms with Crippen LogP contribution in [0.4, 0.5) is 0 Å². The Bertz CT molecular complexity index is 284. The topological polar surface area (TPSA) is 80.0 Å². The van der Waals surface area contributed by atoms with Crippen LogP contribution in [0.2, 0.25) is 0 Å². The van der Waals surface area contributed by atoms with Gasteiger partial charge in [0.25, 0.3) is 0 Å². The van der Waals surface area contributed by atoms with Crippen LogP contribution in [0.15, 0.2) is 12.4 Å². The summed E-state index contributed by atoms with van der Waals surface area (Å²) in [4.78, 5) is 11.3. The van der Waals surface area contributed by atoms with Gasteiger partial charge in [-0.15, -0.1) is 5.10 Å². The largest absolute Gasteiger partial charge is 0.393 e. The molecule has 1 aromatic heterocycles. The number of aromatic nitrogens is 3. The zero-order valence-electron chi connectivity index (χ0n) is 8.76. The van der Waals surface area contributed by atoms with E-state index in [-0.39, 0.29) is 18.6 Å². The molecule has 0 aliphatic rings. The Balaban J connectivity index is 2.09. The van der Waals surface area contributed by atoms with Gasteiger partial charge in [-0.3, -0.25) is 4.79 Å². The van der Waals surface area contributed by atoms with Crippen molar-refractivity contribution in [1.29, 1.82) is 0 Å². The SMILES string of the molecule is CC(O)CCCNC(=O)Cn1ccnn1. The predicted molar refractivity (Wildman–Crippen MR) is 53.9 cm³/mol. The Hall–Kier alpha value is -1.43. The van der Waals surface area contributed by atoms with E-state index in [2.05, 4.69) is 15.6 Å². The van der Waals surface area contributed by atoms with E-state index in [1.165, 1.54) is 10.9 Å². The van der Waals surface area contributed by atoms with E-state index in [0.717, 1.165) is 6.42 Å². The standard InChI is InChI=1S/C9H16N4O2/c1-8(14)3-2-4-10-9(15)7-13-6-5-11-12-13/h5-6,8,14H,2-4,7H2,1H3,(H,10,15). The summed E-state index contributed by atoms with van der Waals surface area (Å²) >= 11 is 0. The number of hydrogen-bond acceptors (Lipinski definition) is 4. The molecule has 0 bridgehead atoms. The van der Waals surface area contributed by atoms with Crippen molar-refractivity contribution in [3.8, 4) is 0 Å². The lowest BCUT2D eigenvalue weighted by Gasteiger charge is -2.06. The van der Waals surface area contributed by atoms with Crippen LogP contribution in [0.1, 0.15) is 19.8 Å². The number of nitrogens with zero attached hydrogens (tertiary/aromatic N) is 3. The maximum atomic E-state index is 11.3. The van der Waals surface area contributed by atoms with Gasteiger partial charge in [-0.25, -0.2) is 4.68 Å². The Labute approximate surface area is 88.3 Å². The van der Waals surface area contributed by atoms with Crippen molar-refractivity contribution in [2.75, 3.05) is 6.54 Å². The van der Waals surface area contributed by atoms with Crippen LogP contribution in [-0.4, -0.2) is 38.7 Å². The maximum Gasteiger partial charge on any atom is 0.241 e. The zero-order chi connectivity index (χ0) is 11.1. The molecule has 0 radical (unpaired) electrons. The fraction of sp³-hybridized carbons (Fsp3) is 0.667. The van der Waals surface area contributed by atoms with Gasteiger partial charge in [0, 0.05) is 12.7 Å². The van der Waals surface area contributed by atoms with Crippen molar-refractivity contribution in [3.63, 3.8) is 0 Å². The van der Waals surface area contributed by atoms with Crippen molar-refractivity contribution in [1.82, 2.24) is 20.3 Å². The number of nitrogens with one attached hydrogen (secondary N) is 1. The van der Waals surface area contributed by atoms with Crippen molar-refractivity contribution in [3.05, 3.63) is 12.4 Å². The van der Waals surface area contributed by atoms with Crippen LogP contribution in [0.25, 0.3) is 0 Å². The average Bonchev–Trinajstić information content (AvgIpc) is 2.64. The minimum atomic E-state index is -0.308. The average molecular weight is 212 g/mol. The van der Waals surface area contributed by atoms with Crippen LogP contribution < -0.4 is 5.32 Å². The summed E-state index contributed by atoms with van der Waals surface area (Å²) in [6.45, 7) is 2.50. The minimum absolute atomic E-state index is 0.0916. The fourth-order valence-corrected chi connectivity index (χ4v) is 1.15. The van der Waals surface area contributed by atoms with E-state index in [0.29, 0.717) is 13.0 Å². The molecule has 1 rings (SSSR count). The minimum Gasteiger partial charge on any atom is -0.393 e. The maximum absolute atomic E-state index is 11.3. The molecule has 1 atom stereocenters. The van der Waals surface area contributed by atoms with Gasteiger partial charge in [-0.2, -0.15) is 0 Å². The lowest BCUT2D eigenvalue weighted by molar-refractivity contribution is -0.121. The van der Waals surface area contributed by atoms with Gasteiger partial charge in [0.1, 0.15) is 6.54 Å². The zero-order valence-corrected chi connectivity index (χ0v) is 8.76. The van der Waals surface area contributed by atoms with Gasteiger partial charge in [0.05, 0.1) is 12.3 Å². The lowest BCUT2D eigenvalue weighted by Crippen LogP contribution is -2.29. The number of amides is 1. The van der Waals surface area contributed by atoms with Gasteiger partial charge in [0.15, 0.2) is 0 Å². The molecular formula is C9H16N4O2. The normalized spacial score (nSPS) is 12.4. The Kier molecular flexibility index (Phi) is 4.76. The van der Waals surface area contributed by atoms with Gasteiger partial charge < -0.3 is 10.4 Å². The lowest BCUT2D eigenvalue weighted by atomic mass is 10.2. The highest BCUT2D eigenvalue weighted by Gasteiger charge is 2.02. The smallest absolute Gasteiger partial charge is 0.241 e. The fourth-order valence-electron chi connectivity index (χ4n) is 1.15. The van der Waals surface area contributed by atoms with E-state index in [1.54, 1.807) is 13.1 Å². The van der Waals surface area contributed by atoms with Crippen LogP contribution in [0.5, 0.6) is 0 Å². The molecule has 0 saturated carbocycles. The first-order valence-electron chi connectivity index (χ1n) is 4.97. The number of carbonyl (C=O) groups excluding carboxylic acids is 1. The highest BCUT2D eigenvalue weighted by Crippen LogP contribution is 1.93. The molecule has 1 unspecified atom stereocenters. The van der Waals surface area contributed by atoms with E-state index in [9.17, 15) is 4.79 Å². The highest BCUT2D eigenvalue weighted by molar-refractivity contribution is 5.75. The summed E-state index contributed by atoms with van der Waals surface area (Å²) in [5.41, 5.74) is 0. The molecule has 15 heavy (non-hydrogen) atoms. The third kappa shape index (κ3) is 5.11. The first-order chi connectivity index (χ1) is 7.18. The number of carbonyl (C=O) groups is 1. The number of hydrogen-bond donors (Lipinski definition) is 2. The number of aliphatic hydroxyl groups excluding tert-OH is 1. The van der Waals surface area contributed by atoms with Crippen molar-refractivity contribution < 1.29 is 9.90 Å². The first kappa shape index (κ1) is 11.6. The van der Waals surface area contributed by atoms with E-state index >= 15 is 0 Å². The quantitative estimate of drug-likeness (QED) is 0.626. The molecule has 84 valence electrons. The molecule has 0 aliphatic heterocycles. The molecule has 1 heterocycles. The molecule has 0 saturated heterocycles. The van der Waals surface area contributed by atoms with Crippen LogP contribution in [0.3, 0.4) is 0 Å². The summed E-state index contributed by atoms with van der Waals surface area (Å²) in [6, 6.07) is 0. The summed E-state index contributed by atoms with van der Waals surface area (Å²) < 4.78 is 1.46. The molecule has 6 nitrogen and oxygen atoms in total. The summed E-state index contributed by atoms with van der Waals surface area (Å²) in [6.07, 6.45) is 4.33. The van der Waals surface area contributed by atoms with E-state index < -0.39 is 0 Å². The highest BCUT2D eigenvalue weighted by atomic mass is 16.3. The summed E-state index contributed by atoms with van der Waals surface area (Å²) in [7, 11) is 0. The van der Waals surface area contributed by atoms with Crippen LogP contribution >= 0.6 is 0 Å². The molecule has 0 spiro atoms. The molecule has 0 fully saturated rings. The molecule has 2 N–H and O–H groups in total. The Morgan fingerprint density at radius 3 is 3.07 bits per heavy atom. The predicted octanol–water partition coefficient (Wildman–Crippen LogP) is -0.445. The molecule has 1 aromatic rings. The Morgan fingerprint density at radius 2 is 2.47 bits per heavy atom. The molecule has 1 amide bonds. The second kappa shape index (κ2) is 6.13. The summed E-state index contributed by atoms with van der Waals surface area (Å²) in [5, 5.41) is 19.0. The van der Waals surface area contributed by atoms with Gasteiger partial charge in [-0.1, -0.05) is 5.21 Å². The second-order valence-corrected chi connectivity index (χ2v) is 3.44. The van der Waals surface area contributed by atoms with Gasteiger partial charge >= 0.3 is 0 Å². The van der Waals surface area contributed by atoms with Crippen LogP contribution in [-0.2, 0) is 11.3 Å². The monoisotopic (exact) mass is 212 g/mol. The van der Waals surface area contributed by atoms with Gasteiger partial charge in [0.2, 0.25) is 5.91 Å². The molecular weight excluding hydrogens is 196 g/mol. The van der Waals surface area contributed by atoms with E-state index in [4.69, 9.17) is 5.11 Å². The number of aliphatic hydroxyl groups is 1. The Morgan fingerprint density at radius 1 is 1.67 bits per heavy atom. The summed E-state index contributed by atoms with van der Waals surface area (Å²) in [5.74, 6) is -0.0916. The third-order valence-electron chi connectivity index (χ3n) is 1.90. The second-order valence-electron chi connectivity index (χ2n) is 3.44. The molecule has 0 aromatic carbocycles. The van der Waals surface area contributed by atoms with Gasteiger partial charge in [-0.05, 0) is 19.8 Å². The van der Waals surface area contributed by atoms with Crippen LogP contribution in [0, 0.1) is 0 Å². The van der Waals surface area contributed by atoms with Crippen molar-refractivity contribution in [2.24, 2.45) is 0 Å². The third-order valence-corrected chi connectivity index (χ3v) is 1.90. The van der Waals surface area contributed by atoms with Crippen molar-refractivity contribution >= 4 is 5.91 Å². The number of rotatable bonds is 6. The first-order valence-corrected chi connectivity index (χ1v) is 4.97. The van der Waals surface area contributed by atoms with E-state index in [1.807, 2.05) is 0 Å². The molecule has 0 aliphatic carbocycles.